The average Bonchev–Trinajstić information content (AvgIpc) is 3.20. The van der Waals surface area contributed by atoms with Crippen molar-refractivity contribution in [1.82, 2.24) is 9.88 Å². The molecule has 5 nitrogen and oxygen atoms in total. The van der Waals surface area contributed by atoms with Crippen LogP contribution >= 0.6 is 11.3 Å². The Bertz CT molecular complexity index is 984. The molecule has 0 aliphatic carbocycles. The number of fused-ring (bicyclic) bond motifs is 1. The first-order chi connectivity index (χ1) is 13.7. The minimum atomic E-state index is -0.0934. The Balaban J connectivity index is 1.34. The number of thiazole rings is 1. The Morgan fingerprint density at radius 3 is 2.61 bits per heavy atom. The van der Waals surface area contributed by atoms with Crippen LogP contribution in [0.3, 0.4) is 0 Å². The molecule has 2 heterocycles. The molecule has 3 aromatic rings. The summed E-state index contributed by atoms with van der Waals surface area (Å²) in [6, 6.07) is 18.1. The number of nitrogens with zero attached hydrogens (tertiary/aromatic N) is 2. The highest BCUT2D eigenvalue weighted by molar-refractivity contribution is 7.14. The van der Waals surface area contributed by atoms with Crippen LogP contribution in [0.1, 0.15) is 33.6 Å². The maximum absolute atomic E-state index is 12.8. The molecule has 1 N–H and O–H groups in total. The standard InChI is InChI=1S/C22H21N3O2S/c26-20(11-10-16-6-2-1-3-7-16)24-22-23-19(15-28-22)21(27)25-13-12-17-8-4-5-9-18(17)14-25/h1-9,15H,10-14H2,(H,23,24,26). The normalized spacial score (nSPS) is 13.1. The van der Waals surface area contributed by atoms with E-state index >= 15 is 0 Å². The molecule has 0 atom stereocenters. The summed E-state index contributed by atoms with van der Waals surface area (Å²) < 4.78 is 0. The van der Waals surface area contributed by atoms with Crippen LogP contribution in [0.5, 0.6) is 0 Å². The third-order valence-corrected chi connectivity index (χ3v) is 5.63. The third kappa shape index (κ3) is 4.28. The molecule has 6 heteroatoms. The lowest BCUT2D eigenvalue weighted by Gasteiger charge is -2.28. The Morgan fingerprint density at radius 1 is 1.04 bits per heavy atom. The van der Waals surface area contributed by atoms with Crippen molar-refractivity contribution >= 4 is 28.3 Å². The summed E-state index contributed by atoms with van der Waals surface area (Å²) in [7, 11) is 0. The van der Waals surface area contributed by atoms with Crippen LogP contribution in [0.25, 0.3) is 0 Å². The molecule has 1 aliphatic heterocycles. The molecule has 0 saturated carbocycles. The van der Waals surface area contributed by atoms with E-state index in [1.165, 1.54) is 22.5 Å². The molecular formula is C22H21N3O2S. The van der Waals surface area contributed by atoms with Crippen LogP contribution in [-0.2, 0) is 24.2 Å². The minimum absolute atomic E-state index is 0.0875. The first-order valence-electron chi connectivity index (χ1n) is 9.34. The number of benzene rings is 2. The molecule has 2 aromatic carbocycles. The fourth-order valence-electron chi connectivity index (χ4n) is 3.34. The van der Waals surface area contributed by atoms with E-state index in [0.717, 1.165) is 12.0 Å². The van der Waals surface area contributed by atoms with Crippen LogP contribution < -0.4 is 5.32 Å². The summed E-state index contributed by atoms with van der Waals surface area (Å²) in [5.41, 5.74) is 4.00. The Labute approximate surface area is 168 Å². The van der Waals surface area contributed by atoms with Gasteiger partial charge in [-0.05, 0) is 29.5 Å². The molecular weight excluding hydrogens is 370 g/mol. The maximum Gasteiger partial charge on any atom is 0.273 e. The summed E-state index contributed by atoms with van der Waals surface area (Å²) in [5.74, 6) is -0.181. The number of anilines is 1. The smallest absolute Gasteiger partial charge is 0.273 e. The van der Waals surface area contributed by atoms with Crippen LogP contribution in [0.15, 0.2) is 60.0 Å². The van der Waals surface area contributed by atoms with E-state index in [2.05, 4.69) is 22.4 Å². The number of carbonyl (C=O) groups excluding carboxylic acids is 2. The quantitative estimate of drug-likeness (QED) is 0.717. The highest BCUT2D eigenvalue weighted by Crippen LogP contribution is 2.22. The van der Waals surface area contributed by atoms with Gasteiger partial charge in [-0.2, -0.15) is 0 Å². The van der Waals surface area contributed by atoms with Crippen molar-refractivity contribution in [1.29, 1.82) is 0 Å². The Kier molecular flexibility index (Phi) is 5.48. The second-order valence-electron chi connectivity index (χ2n) is 6.82. The molecule has 1 aromatic heterocycles. The van der Waals surface area contributed by atoms with Crippen LogP contribution in [0.4, 0.5) is 5.13 Å². The molecule has 0 spiro atoms. The van der Waals surface area contributed by atoms with Gasteiger partial charge in [-0.25, -0.2) is 4.98 Å². The van der Waals surface area contributed by atoms with Crippen molar-refractivity contribution in [3.8, 4) is 0 Å². The van der Waals surface area contributed by atoms with E-state index in [1.807, 2.05) is 47.4 Å². The lowest BCUT2D eigenvalue weighted by molar-refractivity contribution is -0.116. The predicted octanol–water partition coefficient (Wildman–Crippen LogP) is 3.91. The number of rotatable bonds is 5. The van der Waals surface area contributed by atoms with Crippen LogP contribution in [-0.4, -0.2) is 28.2 Å². The van der Waals surface area contributed by atoms with Crippen molar-refractivity contribution in [2.45, 2.75) is 25.8 Å². The number of nitrogens with one attached hydrogen (secondary N) is 1. The SMILES string of the molecule is O=C(CCc1ccccc1)Nc1nc(C(=O)N2CCc3ccccc3C2)cs1. The second-order valence-corrected chi connectivity index (χ2v) is 7.68. The number of hydrogen-bond acceptors (Lipinski definition) is 4. The number of hydrogen-bond donors (Lipinski definition) is 1. The van der Waals surface area contributed by atoms with Crippen LogP contribution in [0, 0.1) is 0 Å². The number of aromatic nitrogens is 1. The number of amides is 2. The molecule has 0 radical (unpaired) electrons. The summed E-state index contributed by atoms with van der Waals surface area (Å²) in [6.07, 6.45) is 1.92. The zero-order valence-corrected chi connectivity index (χ0v) is 16.2. The summed E-state index contributed by atoms with van der Waals surface area (Å²) in [4.78, 5) is 31.1. The first kappa shape index (κ1) is 18.4. The summed E-state index contributed by atoms with van der Waals surface area (Å²) in [6.45, 7) is 1.29. The number of carbonyl (C=O) groups is 2. The zero-order chi connectivity index (χ0) is 19.3. The highest BCUT2D eigenvalue weighted by Gasteiger charge is 2.23. The minimum Gasteiger partial charge on any atom is -0.333 e. The fourth-order valence-corrected chi connectivity index (χ4v) is 4.05. The van der Waals surface area contributed by atoms with E-state index in [0.29, 0.717) is 36.8 Å². The highest BCUT2D eigenvalue weighted by atomic mass is 32.1. The van der Waals surface area contributed by atoms with Crippen molar-refractivity contribution in [3.63, 3.8) is 0 Å². The van der Waals surface area contributed by atoms with Gasteiger partial charge in [0, 0.05) is 24.9 Å². The average molecular weight is 391 g/mol. The van der Waals surface area contributed by atoms with E-state index in [1.54, 1.807) is 5.38 Å². The van der Waals surface area contributed by atoms with Crippen molar-refractivity contribution in [3.05, 3.63) is 82.4 Å². The van der Waals surface area contributed by atoms with Gasteiger partial charge in [-0.3, -0.25) is 9.59 Å². The van der Waals surface area contributed by atoms with Gasteiger partial charge in [-0.15, -0.1) is 11.3 Å². The molecule has 0 unspecified atom stereocenters. The molecule has 0 fully saturated rings. The topological polar surface area (TPSA) is 62.3 Å². The molecule has 4 rings (SSSR count). The van der Waals surface area contributed by atoms with E-state index in [-0.39, 0.29) is 11.8 Å². The third-order valence-electron chi connectivity index (χ3n) is 4.87. The van der Waals surface area contributed by atoms with Gasteiger partial charge < -0.3 is 10.2 Å². The Morgan fingerprint density at radius 2 is 1.79 bits per heavy atom. The summed E-state index contributed by atoms with van der Waals surface area (Å²) >= 11 is 1.29. The molecule has 142 valence electrons. The van der Waals surface area contributed by atoms with E-state index in [4.69, 9.17) is 0 Å². The van der Waals surface area contributed by atoms with Crippen molar-refractivity contribution < 1.29 is 9.59 Å². The monoisotopic (exact) mass is 391 g/mol. The summed E-state index contributed by atoms with van der Waals surface area (Å²) in [5, 5.41) is 4.99. The molecule has 0 saturated heterocycles. The maximum atomic E-state index is 12.8. The Hall–Kier alpha value is -2.99. The first-order valence-corrected chi connectivity index (χ1v) is 10.2. The van der Waals surface area contributed by atoms with Gasteiger partial charge in [-0.1, -0.05) is 54.6 Å². The molecule has 1 aliphatic rings. The number of aryl methyl sites for hydroxylation is 1. The van der Waals surface area contributed by atoms with Crippen LogP contribution in [0.2, 0.25) is 0 Å². The predicted molar refractivity (Wildman–Crippen MR) is 110 cm³/mol. The molecule has 0 bridgehead atoms. The van der Waals surface area contributed by atoms with Gasteiger partial charge in [0.25, 0.3) is 5.91 Å². The van der Waals surface area contributed by atoms with Gasteiger partial charge in [0.05, 0.1) is 0 Å². The van der Waals surface area contributed by atoms with Gasteiger partial charge in [0.1, 0.15) is 5.69 Å². The van der Waals surface area contributed by atoms with Gasteiger partial charge in [0.15, 0.2) is 5.13 Å². The van der Waals surface area contributed by atoms with E-state index < -0.39 is 0 Å². The largest absolute Gasteiger partial charge is 0.333 e. The van der Waals surface area contributed by atoms with Crippen molar-refractivity contribution in [2.75, 3.05) is 11.9 Å². The van der Waals surface area contributed by atoms with Crippen molar-refractivity contribution in [2.24, 2.45) is 0 Å². The zero-order valence-electron chi connectivity index (χ0n) is 15.4. The van der Waals surface area contributed by atoms with E-state index in [9.17, 15) is 9.59 Å². The lowest BCUT2D eigenvalue weighted by atomic mass is 10.00. The van der Waals surface area contributed by atoms with Gasteiger partial charge >= 0.3 is 0 Å². The fraction of sp³-hybridized carbons (Fsp3) is 0.227. The molecule has 28 heavy (non-hydrogen) atoms. The second kappa shape index (κ2) is 8.35. The van der Waals surface area contributed by atoms with Gasteiger partial charge in [0.2, 0.25) is 5.91 Å². The lowest BCUT2D eigenvalue weighted by Crippen LogP contribution is -2.36. The molecule has 2 amide bonds.